The average Bonchev–Trinajstić information content (AvgIpc) is 2.85. The second-order valence-electron chi connectivity index (χ2n) is 6.46. The van der Waals surface area contributed by atoms with Crippen LogP contribution in [0.2, 0.25) is 0 Å². The Bertz CT molecular complexity index is 665. The van der Waals surface area contributed by atoms with Crippen molar-refractivity contribution in [2.45, 2.75) is 38.9 Å². The molecule has 7 heteroatoms. The summed E-state index contributed by atoms with van der Waals surface area (Å²) in [6.45, 7) is 7.85. The standard InChI is InChI=1S/C14H19B2NO4/c1-13(2)14(3,4)21-16(20-13)12-11(15(18)19)9-7-5-6-8-10(9)17-12/h5-8,17-19H,1-4H3. The van der Waals surface area contributed by atoms with Gasteiger partial charge in [-0.1, -0.05) is 18.2 Å². The van der Waals surface area contributed by atoms with E-state index in [1.54, 1.807) is 0 Å². The Kier molecular flexibility index (Phi) is 3.22. The van der Waals surface area contributed by atoms with Gasteiger partial charge < -0.3 is 24.3 Å². The molecule has 3 rings (SSSR count). The fourth-order valence-electron chi connectivity index (χ4n) is 2.61. The van der Waals surface area contributed by atoms with Gasteiger partial charge in [0.15, 0.2) is 0 Å². The second kappa shape index (κ2) is 4.61. The van der Waals surface area contributed by atoms with Crippen molar-refractivity contribution in [3.05, 3.63) is 24.3 Å². The molecule has 1 aromatic carbocycles. The van der Waals surface area contributed by atoms with E-state index in [-0.39, 0.29) is 0 Å². The highest BCUT2D eigenvalue weighted by atomic mass is 16.7. The number of nitrogens with one attached hydrogen (secondary N) is 1. The molecule has 0 saturated carbocycles. The highest BCUT2D eigenvalue weighted by molar-refractivity contribution is 6.75. The fourth-order valence-corrected chi connectivity index (χ4v) is 2.61. The molecule has 0 spiro atoms. The van der Waals surface area contributed by atoms with Crippen LogP contribution >= 0.6 is 0 Å². The van der Waals surface area contributed by atoms with Gasteiger partial charge in [-0.25, -0.2) is 0 Å². The van der Waals surface area contributed by atoms with Crippen molar-refractivity contribution in [2.24, 2.45) is 0 Å². The molecule has 1 aromatic heterocycles. The van der Waals surface area contributed by atoms with Crippen molar-refractivity contribution >= 4 is 36.2 Å². The molecule has 2 heterocycles. The number of para-hydroxylation sites is 1. The zero-order valence-electron chi connectivity index (χ0n) is 12.7. The lowest BCUT2D eigenvalue weighted by Crippen LogP contribution is -2.50. The first kappa shape index (κ1) is 14.7. The molecular formula is C14H19B2NO4. The summed E-state index contributed by atoms with van der Waals surface area (Å²) < 4.78 is 12.0. The Balaban J connectivity index is 2.12. The summed E-state index contributed by atoms with van der Waals surface area (Å²) in [6, 6.07) is 7.47. The second-order valence-corrected chi connectivity index (χ2v) is 6.46. The van der Waals surface area contributed by atoms with E-state index in [2.05, 4.69) is 4.98 Å². The summed E-state index contributed by atoms with van der Waals surface area (Å²) in [5.41, 5.74) is 0.832. The van der Waals surface area contributed by atoms with Crippen LogP contribution in [-0.2, 0) is 9.31 Å². The van der Waals surface area contributed by atoms with E-state index in [1.807, 2.05) is 52.0 Å². The minimum Gasteiger partial charge on any atom is -0.423 e. The van der Waals surface area contributed by atoms with Crippen LogP contribution in [0.5, 0.6) is 0 Å². The molecule has 1 saturated heterocycles. The predicted molar refractivity (Wildman–Crippen MR) is 83.8 cm³/mol. The zero-order chi connectivity index (χ0) is 15.4. The molecule has 5 nitrogen and oxygen atoms in total. The first-order valence-electron chi connectivity index (χ1n) is 7.05. The Morgan fingerprint density at radius 1 is 1.05 bits per heavy atom. The molecule has 0 radical (unpaired) electrons. The topological polar surface area (TPSA) is 74.7 Å². The Hall–Kier alpha value is -1.27. The number of H-pyrrole nitrogens is 1. The maximum atomic E-state index is 9.74. The maximum absolute atomic E-state index is 9.74. The van der Waals surface area contributed by atoms with Crippen molar-refractivity contribution in [3.8, 4) is 0 Å². The van der Waals surface area contributed by atoms with E-state index in [1.165, 1.54) is 0 Å². The number of aromatic nitrogens is 1. The van der Waals surface area contributed by atoms with Crippen molar-refractivity contribution in [3.63, 3.8) is 0 Å². The van der Waals surface area contributed by atoms with Gasteiger partial charge in [0.2, 0.25) is 0 Å². The highest BCUT2D eigenvalue weighted by Gasteiger charge is 2.53. The largest absolute Gasteiger partial charge is 0.511 e. The molecule has 0 aliphatic carbocycles. The number of fused-ring (bicyclic) bond motifs is 1. The molecule has 0 atom stereocenters. The van der Waals surface area contributed by atoms with Gasteiger partial charge in [0, 0.05) is 16.6 Å². The highest BCUT2D eigenvalue weighted by Crippen LogP contribution is 2.36. The molecule has 0 amide bonds. The minimum absolute atomic E-state index is 0.407. The molecule has 1 aliphatic rings. The monoisotopic (exact) mass is 287 g/mol. The zero-order valence-corrected chi connectivity index (χ0v) is 12.7. The molecule has 0 bridgehead atoms. The average molecular weight is 287 g/mol. The van der Waals surface area contributed by atoms with E-state index in [0.717, 1.165) is 10.9 Å². The smallest absolute Gasteiger partial charge is 0.423 e. The quantitative estimate of drug-likeness (QED) is 0.687. The van der Waals surface area contributed by atoms with Gasteiger partial charge in [-0.05, 0) is 39.1 Å². The van der Waals surface area contributed by atoms with E-state index in [9.17, 15) is 10.0 Å². The van der Waals surface area contributed by atoms with Crippen LogP contribution in [0.4, 0.5) is 0 Å². The summed E-state index contributed by atoms with van der Waals surface area (Å²) in [5, 5.41) is 20.2. The first-order valence-corrected chi connectivity index (χ1v) is 7.05. The maximum Gasteiger partial charge on any atom is 0.511 e. The van der Waals surface area contributed by atoms with Crippen molar-refractivity contribution in [1.29, 1.82) is 0 Å². The lowest BCUT2D eigenvalue weighted by atomic mass is 9.68. The van der Waals surface area contributed by atoms with Gasteiger partial charge in [-0.2, -0.15) is 0 Å². The third kappa shape index (κ3) is 2.21. The summed E-state index contributed by atoms with van der Waals surface area (Å²) >= 11 is 0. The third-order valence-corrected chi connectivity index (χ3v) is 4.52. The minimum atomic E-state index is -1.59. The van der Waals surface area contributed by atoms with Gasteiger partial charge >= 0.3 is 14.2 Å². The van der Waals surface area contributed by atoms with Crippen molar-refractivity contribution in [2.75, 3.05) is 0 Å². The van der Waals surface area contributed by atoms with E-state index in [4.69, 9.17) is 9.31 Å². The van der Waals surface area contributed by atoms with Crippen LogP contribution in [0.25, 0.3) is 10.9 Å². The number of benzene rings is 1. The van der Waals surface area contributed by atoms with Crippen molar-refractivity contribution < 1.29 is 19.4 Å². The molecule has 1 aliphatic heterocycles. The van der Waals surface area contributed by atoms with Crippen LogP contribution in [0.3, 0.4) is 0 Å². The van der Waals surface area contributed by atoms with Crippen LogP contribution in [0, 0.1) is 0 Å². The molecule has 110 valence electrons. The van der Waals surface area contributed by atoms with Gasteiger partial charge in [-0.15, -0.1) is 0 Å². The number of rotatable bonds is 2. The van der Waals surface area contributed by atoms with Gasteiger partial charge in [-0.3, -0.25) is 0 Å². The Morgan fingerprint density at radius 3 is 2.19 bits per heavy atom. The van der Waals surface area contributed by atoms with Crippen LogP contribution in [0.1, 0.15) is 27.7 Å². The summed E-state index contributed by atoms with van der Waals surface area (Å²) in [7, 11) is -2.24. The fraction of sp³-hybridized carbons (Fsp3) is 0.429. The third-order valence-electron chi connectivity index (χ3n) is 4.52. The van der Waals surface area contributed by atoms with Gasteiger partial charge in [0.1, 0.15) is 0 Å². The Labute approximate surface area is 124 Å². The predicted octanol–water partition coefficient (Wildman–Crippen LogP) is 0.147. The molecule has 1 fully saturated rings. The number of aromatic amines is 1. The lowest BCUT2D eigenvalue weighted by Gasteiger charge is -2.32. The summed E-state index contributed by atoms with van der Waals surface area (Å²) in [6.07, 6.45) is 0. The van der Waals surface area contributed by atoms with E-state index < -0.39 is 25.4 Å². The SMILES string of the molecule is CC1(C)OB(c2[nH]c3ccccc3c2B(O)O)OC1(C)C. The molecule has 0 unspecified atom stereocenters. The summed E-state index contributed by atoms with van der Waals surface area (Å²) in [4.78, 5) is 3.19. The number of hydrogen-bond donors (Lipinski definition) is 3. The number of hydrogen-bond acceptors (Lipinski definition) is 4. The Morgan fingerprint density at radius 2 is 1.62 bits per heavy atom. The van der Waals surface area contributed by atoms with Gasteiger partial charge in [0.25, 0.3) is 0 Å². The lowest BCUT2D eigenvalue weighted by molar-refractivity contribution is 0.00578. The molecular weight excluding hydrogens is 268 g/mol. The van der Waals surface area contributed by atoms with Gasteiger partial charge in [0.05, 0.1) is 11.2 Å². The molecule has 3 N–H and O–H groups in total. The van der Waals surface area contributed by atoms with Crippen LogP contribution < -0.4 is 11.1 Å². The normalized spacial score (nSPS) is 20.2. The van der Waals surface area contributed by atoms with Crippen LogP contribution in [0.15, 0.2) is 24.3 Å². The first-order chi connectivity index (χ1) is 9.73. The summed E-state index contributed by atoms with van der Waals surface area (Å²) in [5.74, 6) is 0. The molecule has 21 heavy (non-hydrogen) atoms. The van der Waals surface area contributed by atoms with E-state index in [0.29, 0.717) is 11.1 Å². The van der Waals surface area contributed by atoms with Crippen molar-refractivity contribution in [1.82, 2.24) is 4.98 Å². The molecule has 2 aromatic rings. The van der Waals surface area contributed by atoms with E-state index >= 15 is 0 Å². The van der Waals surface area contributed by atoms with Crippen LogP contribution in [-0.4, -0.2) is 40.5 Å².